The predicted octanol–water partition coefficient (Wildman–Crippen LogP) is 5.30. The lowest BCUT2D eigenvalue weighted by molar-refractivity contribution is -0.142. The maximum absolute atomic E-state index is 13.5. The molecule has 2 aromatic carbocycles. The number of carboxylic acid groups (broad SMARTS) is 1. The third-order valence-corrected chi connectivity index (χ3v) is 5.16. The van der Waals surface area contributed by atoms with Crippen LogP contribution in [0, 0.1) is 5.82 Å². The lowest BCUT2D eigenvalue weighted by Crippen LogP contribution is -2.30. The van der Waals surface area contributed by atoms with E-state index in [0.717, 1.165) is 27.6 Å². The van der Waals surface area contributed by atoms with E-state index < -0.39 is 18.0 Å². The van der Waals surface area contributed by atoms with Gasteiger partial charge in [-0.05, 0) is 54.3 Å². The van der Waals surface area contributed by atoms with Gasteiger partial charge in [-0.25, -0.2) is 4.39 Å². The Labute approximate surface area is 180 Å². The summed E-state index contributed by atoms with van der Waals surface area (Å²) >= 11 is 0. The number of hydrogen-bond acceptors (Lipinski definition) is 3. The van der Waals surface area contributed by atoms with E-state index >= 15 is 0 Å². The minimum absolute atomic E-state index is 0.253. The van der Waals surface area contributed by atoms with Gasteiger partial charge in [0.2, 0.25) is 0 Å². The van der Waals surface area contributed by atoms with Crippen LogP contribution in [0.1, 0.15) is 50.8 Å². The molecule has 1 atom stereocenters. The van der Waals surface area contributed by atoms with E-state index in [9.17, 15) is 19.1 Å². The summed E-state index contributed by atoms with van der Waals surface area (Å²) in [5, 5.41) is 20.0. The van der Waals surface area contributed by atoms with Crippen molar-refractivity contribution in [3.8, 4) is 11.1 Å². The van der Waals surface area contributed by atoms with Crippen LogP contribution in [0.5, 0.6) is 0 Å². The van der Waals surface area contributed by atoms with Gasteiger partial charge in [-0.3, -0.25) is 9.59 Å². The lowest BCUT2D eigenvalue weighted by atomic mass is 9.92. The van der Waals surface area contributed by atoms with E-state index in [1.807, 2.05) is 12.1 Å². The molecular weight excluding hydrogens is 397 g/mol. The van der Waals surface area contributed by atoms with Gasteiger partial charge in [-0.15, -0.1) is 0 Å². The number of aliphatic carboxylic acids is 1. The number of carbonyl (C=O) groups is 2. The van der Waals surface area contributed by atoms with Crippen LogP contribution >= 0.6 is 0 Å². The van der Waals surface area contributed by atoms with E-state index in [0.29, 0.717) is 5.69 Å². The van der Waals surface area contributed by atoms with Crippen molar-refractivity contribution < 1.29 is 24.2 Å². The third kappa shape index (κ3) is 5.27. The summed E-state index contributed by atoms with van der Waals surface area (Å²) in [6, 6.07) is 12.2. The second-order valence-corrected chi connectivity index (χ2v) is 8.39. The average molecular weight is 423 g/mol. The number of carbonyl (C=O) groups excluding carboxylic acids is 1. The van der Waals surface area contributed by atoms with Crippen LogP contribution in [0.15, 0.2) is 48.5 Å². The van der Waals surface area contributed by atoms with Gasteiger partial charge >= 0.3 is 5.97 Å². The summed E-state index contributed by atoms with van der Waals surface area (Å²) < 4.78 is 13.5. The van der Waals surface area contributed by atoms with Crippen molar-refractivity contribution in [3.05, 3.63) is 65.6 Å². The highest BCUT2D eigenvalue weighted by atomic mass is 19.1. The molecule has 3 aromatic rings. The zero-order valence-electron chi connectivity index (χ0n) is 17.8. The Morgan fingerprint density at radius 1 is 1.13 bits per heavy atom. The van der Waals surface area contributed by atoms with Gasteiger partial charge in [0.1, 0.15) is 5.82 Å². The molecule has 162 valence electrons. The molecule has 0 radical (unpaired) electrons. The monoisotopic (exact) mass is 423 g/mol. The average Bonchev–Trinajstić information content (AvgIpc) is 3.04. The zero-order chi connectivity index (χ0) is 22.8. The van der Waals surface area contributed by atoms with E-state index in [-0.39, 0.29) is 23.9 Å². The number of nitrogens with one attached hydrogen (secondary N) is 1. The summed E-state index contributed by atoms with van der Waals surface area (Å²) in [5.74, 6) is -1.64. The molecule has 1 aromatic heterocycles. The van der Waals surface area contributed by atoms with Gasteiger partial charge < -0.3 is 15.2 Å². The molecule has 6 heteroatoms. The Morgan fingerprint density at radius 3 is 2.42 bits per heavy atom. The molecule has 1 heterocycles. The highest BCUT2D eigenvalue weighted by Crippen LogP contribution is 2.38. The Bertz CT molecular complexity index is 1140. The predicted molar refractivity (Wildman–Crippen MR) is 119 cm³/mol. The summed E-state index contributed by atoms with van der Waals surface area (Å²) in [5.41, 5.74) is 2.75. The minimum Gasteiger partial charge on any atom is -0.481 e. The normalized spacial score (nSPS) is 13.7. The number of benzene rings is 2. The van der Waals surface area contributed by atoms with E-state index in [1.54, 1.807) is 18.2 Å². The maximum atomic E-state index is 13.5. The van der Waals surface area contributed by atoms with Crippen molar-refractivity contribution >= 4 is 28.7 Å². The third-order valence-electron chi connectivity index (χ3n) is 5.16. The molecule has 3 N–H and O–H groups in total. The van der Waals surface area contributed by atoms with Crippen LogP contribution in [0.25, 0.3) is 28.1 Å². The topological polar surface area (TPSA) is 90.4 Å². The quantitative estimate of drug-likeness (QED) is 0.429. The Kier molecular flexibility index (Phi) is 6.41. The van der Waals surface area contributed by atoms with Crippen molar-refractivity contribution in [2.45, 2.75) is 45.1 Å². The first kappa shape index (κ1) is 22.4. The van der Waals surface area contributed by atoms with Gasteiger partial charge in [0, 0.05) is 28.6 Å². The summed E-state index contributed by atoms with van der Waals surface area (Å²) in [6.07, 6.45) is 2.14. The largest absolute Gasteiger partial charge is 0.481 e. The van der Waals surface area contributed by atoms with E-state index in [2.05, 4.69) is 24.9 Å². The minimum atomic E-state index is -1.63. The summed E-state index contributed by atoms with van der Waals surface area (Å²) in [6.45, 7) is 5.52. The highest BCUT2D eigenvalue weighted by Gasteiger charge is 2.26. The number of rotatable bonds is 8. The molecule has 1 unspecified atom stereocenters. The van der Waals surface area contributed by atoms with Crippen LogP contribution in [-0.2, 0) is 9.59 Å². The molecule has 0 aliphatic rings. The molecule has 0 aliphatic heterocycles. The number of fused-ring (bicyclic) bond motifs is 1. The van der Waals surface area contributed by atoms with Crippen LogP contribution in [0.3, 0.4) is 0 Å². The smallest absolute Gasteiger partial charge is 0.306 e. The standard InChI is InChI=1S/C25H26FNO4/c1-15(2)19-5-4-6-20-24(19)23(16-7-9-17(26)10-8-16)21(27-20)12-11-18(28)13-25(3,31)14-22(29)30/h4-12,15,27,31H,13-14H2,1-3H3,(H,29,30). The van der Waals surface area contributed by atoms with Gasteiger partial charge in [0.05, 0.1) is 12.0 Å². The first-order valence-electron chi connectivity index (χ1n) is 10.1. The molecule has 5 nitrogen and oxygen atoms in total. The zero-order valence-corrected chi connectivity index (χ0v) is 17.8. The molecule has 31 heavy (non-hydrogen) atoms. The molecule has 0 amide bonds. The van der Waals surface area contributed by atoms with Crippen molar-refractivity contribution in [1.82, 2.24) is 4.98 Å². The molecule has 0 aliphatic carbocycles. The fourth-order valence-electron chi connectivity index (χ4n) is 3.82. The first-order valence-corrected chi connectivity index (χ1v) is 10.1. The number of allylic oxidation sites excluding steroid dienone is 1. The number of ketones is 1. The first-order chi connectivity index (χ1) is 14.6. The van der Waals surface area contributed by atoms with Crippen LogP contribution < -0.4 is 0 Å². The number of aromatic nitrogens is 1. The molecule has 0 saturated heterocycles. The number of halogens is 1. The van der Waals surface area contributed by atoms with Gasteiger partial charge in [-0.2, -0.15) is 0 Å². The Morgan fingerprint density at radius 2 is 1.81 bits per heavy atom. The second-order valence-electron chi connectivity index (χ2n) is 8.39. The van der Waals surface area contributed by atoms with Crippen molar-refractivity contribution in [2.75, 3.05) is 0 Å². The Hall–Kier alpha value is -3.25. The van der Waals surface area contributed by atoms with Crippen LogP contribution in [0.4, 0.5) is 4.39 Å². The van der Waals surface area contributed by atoms with E-state index in [1.165, 1.54) is 25.1 Å². The molecule has 0 saturated carbocycles. The molecule has 0 spiro atoms. The SMILES string of the molecule is CC(C)c1cccc2[nH]c(C=CC(=O)CC(C)(O)CC(=O)O)c(-c3ccc(F)cc3)c12. The number of H-pyrrole nitrogens is 1. The highest BCUT2D eigenvalue weighted by molar-refractivity contribution is 6.04. The van der Waals surface area contributed by atoms with Gasteiger partial charge in [-0.1, -0.05) is 38.1 Å². The second kappa shape index (κ2) is 8.86. The molecule has 0 fully saturated rings. The number of aliphatic hydroxyl groups is 1. The number of carboxylic acids is 1. The van der Waals surface area contributed by atoms with Crippen molar-refractivity contribution in [2.24, 2.45) is 0 Å². The molecule has 3 rings (SSSR count). The lowest BCUT2D eigenvalue weighted by Gasteiger charge is -2.18. The van der Waals surface area contributed by atoms with Gasteiger partial charge in [0.25, 0.3) is 0 Å². The van der Waals surface area contributed by atoms with E-state index in [4.69, 9.17) is 5.11 Å². The van der Waals surface area contributed by atoms with Crippen LogP contribution in [0.2, 0.25) is 0 Å². The van der Waals surface area contributed by atoms with Gasteiger partial charge in [0.15, 0.2) is 5.78 Å². The molecule has 0 bridgehead atoms. The van der Waals surface area contributed by atoms with Crippen molar-refractivity contribution in [1.29, 1.82) is 0 Å². The maximum Gasteiger partial charge on any atom is 0.306 e. The fourth-order valence-corrected chi connectivity index (χ4v) is 3.82. The number of aromatic amines is 1. The van der Waals surface area contributed by atoms with Crippen molar-refractivity contribution in [3.63, 3.8) is 0 Å². The summed E-state index contributed by atoms with van der Waals surface area (Å²) in [4.78, 5) is 26.6. The van der Waals surface area contributed by atoms with Crippen LogP contribution in [-0.4, -0.2) is 32.6 Å². The summed E-state index contributed by atoms with van der Waals surface area (Å²) in [7, 11) is 0. The Balaban J connectivity index is 2.06. The molecular formula is C25H26FNO4. The number of hydrogen-bond donors (Lipinski definition) is 3. The fraction of sp³-hybridized carbons (Fsp3) is 0.280.